The second-order valence-corrected chi connectivity index (χ2v) is 4.71. The van der Waals surface area contributed by atoms with E-state index < -0.39 is 0 Å². The third kappa shape index (κ3) is 2.84. The number of methoxy groups -OCH3 is 1. The molecule has 96 valence electrons. The molecule has 1 heterocycles. The Morgan fingerprint density at radius 2 is 2.06 bits per heavy atom. The highest BCUT2D eigenvalue weighted by molar-refractivity contribution is 4.98. The summed E-state index contributed by atoms with van der Waals surface area (Å²) in [6.45, 7) is 1.92. The maximum Gasteiger partial charge on any atom is 0.229 e. The summed E-state index contributed by atoms with van der Waals surface area (Å²) in [5.74, 6) is 1.85. The minimum Gasteiger partial charge on any atom is -0.374 e. The first-order chi connectivity index (χ1) is 8.24. The van der Waals surface area contributed by atoms with Crippen LogP contribution in [0.2, 0.25) is 0 Å². The van der Waals surface area contributed by atoms with Gasteiger partial charge in [-0.05, 0) is 39.7 Å². The van der Waals surface area contributed by atoms with Crippen LogP contribution in [0, 0.1) is 0 Å². The first kappa shape index (κ1) is 12.5. The molecule has 17 heavy (non-hydrogen) atoms. The SMILES string of the molecule is CNC1CCC(c2nc(C(C)OC)no2)CC1. The van der Waals surface area contributed by atoms with Crippen molar-refractivity contribution in [1.29, 1.82) is 0 Å². The van der Waals surface area contributed by atoms with Gasteiger partial charge >= 0.3 is 0 Å². The molecule has 0 radical (unpaired) electrons. The summed E-state index contributed by atoms with van der Waals surface area (Å²) >= 11 is 0. The van der Waals surface area contributed by atoms with Crippen LogP contribution in [0.15, 0.2) is 4.52 Å². The second-order valence-electron chi connectivity index (χ2n) is 4.71. The van der Waals surface area contributed by atoms with Gasteiger partial charge in [0, 0.05) is 19.1 Å². The van der Waals surface area contributed by atoms with E-state index in [4.69, 9.17) is 9.26 Å². The van der Waals surface area contributed by atoms with E-state index in [-0.39, 0.29) is 6.10 Å². The van der Waals surface area contributed by atoms with Crippen LogP contribution in [0.3, 0.4) is 0 Å². The fourth-order valence-electron chi connectivity index (χ4n) is 2.31. The molecule has 5 nitrogen and oxygen atoms in total. The first-order valence-corrected chi connectivity index (χ1v) is 6.28. The maximum atomic E-state index is 5.33. The van der Waals surface area contributed by atoms with Crippen LogP contribution in [-0.2, 0) is 4.74 Å². The lowest BCUT2D eigenvalue weighted by molar-refractivity contribution is 0.109. The molecule has 0 saturated heterocycles. The van der Waals surface area contributed by atoms with Crippen molar-refractivity contribution in [3.05, 3.63) is 11.7 Å². The lowest BCUT2D eigenvalue weighted by Crippen LogP contribution is -2.29. The fraction of sp³-hybridized carbons (Fsp3) is 0.833. The normalized spacial score (nSPS) is 27.0. The summed E-state index contributed by atoms with van der Waals surface area (Å²) in [5.41, 5.74) is 0. The number of nitrogens with zero attached hydrogens (tertiary/aromatic N) is 2. The van der Waals surface area contributed by atoms with E-state index in [9.17, 15) is 0 Å². The number of hydrogen-bond donors (Lipinski definition) is 1. The molecule has 1 saturated carbocycles. The molecule has 1 atom stereocenters. The molecule has 1 aliphatic carbocycles. The van der Waals surface area contributed by atoms with Gasteiger partial charge in [-0.25, -0.2) is 0 Å². The van der Waals surface area contributed by atoms with Crippen molar-refractivity contribution < 1.29 is 9.26 Å². The number of nitrogens with one attached hydrogen (secondary N) is 1. The van der Waals surface area contributed by atoms with Crippen molar-refractivity contribution in [3.8, 4) is 0 Å². The predicted octanol–water partition coefficient (Wildman–Crippen LogP) is 2.02. The number of aromatic nitrogens is 2. The van der Waals surface area contributed by atoms with Gasteiger partial charge in [-0.15, -0.1) is 0 Å². The second kappa shape index (κ2) is 5.60. The zero-order valence-corrected chi connectivity index (χ0v) is 10.8. The molecule has 1 aliphatic rings. The number of rotatable bonds is 4. The third-order valence-electron chi connectivity index (χ3n) is 3.66. The fourth-order valence-corrected chi connectivity index (χ4v) is 2.31. The quantitative estimate of drug-likeness (QED) is 0.871. The molecule has 0 aromatic carbocycles. The van der Waals surface area contributed by atoms with Gasteiger partial charge in [0.25, 0.3) is 0 Å². The summed E-state index contributed by atoms with van der Waals surface area (Å²) in [4.78, 5) is 4.43. The van der Waals surface area contributed by atoms with E-state index in [0.29, 0.717) is 17.8 Å². The van der Waals surface area contributed by atoms with Gasteiger partial charge in [0.05, 0.1) is 0 Å². The molecular weight excluding hydrogens is 218 g/mol. The molecule has 0 bridgehead atoms. The molecule has 5 heteroatoms. The Morgan fingerprint density at radius 1 is 1.35 bits per heavy atom. The van der Waals surface area contributed by atoms with E-state index >= 15 is 0 Å². The third-order valence-corrected chi connectivity index (χ3v) is 3.66. The van der Waals surface area contributed by atoms with Crippen molar-refractivity contribution in [2.75, 3.05) is 14.2 Å². The van der Waals surface area contributed by atoms with Gasteiger partial charge in [-0.3, -0.25) is 0 Å². The van der Waals surface area contributed by atoms with Crippen LogP contribution >= 0.6 is 0 Å². The Kier molecular flexibility index (Phi) is 4.12. The van der Waals surface area contributed by atoms with Gasteiger partial charge in [0.2, 0.25) is 5.89 Å². The summed E-state index contributed by atoms with van der Waals surface area (Å²) in [5, 5.41) is 7.30. The standard InChI is InChI=1S/C12H21N3O2/c1-8(16-3)11-14-12(17-15-11)9-4-6-10(13-2)7-5-9/h8-10,13H,4-7H2,1-3H3. The van der Waals surface area contributed by atoms with Gasteiger partial charge in [-0.1, -0.05) is 5.16 Å². The summed E-state index contributed by atoms with van der Waals surface area (Å²) in [6.07, 6.45) is 4.50. The van der Waals surface area contributed by atoms with Gasteiger partial charge < -0.3 is 14.6 Å². The minimum absolute atomic E-state index is 0.0962. The van der Waals surface area contributed by atoms with Crippen LogP contribution in [0.25, 0.3) is 0 Å². The van der Waals surface area contributed by atoms with E-state index in [0.717, 1.165) is 18.7 Å². The van der Waals surface area contributed by atoms with Crippen LogP contribution < -0.4 is 5.32 Å². The lowest BCUT2D eigenvalue weighted by Gasteiger charge is -2.25. The Bertz CT molecular complexity index is 345. The monoisotopic (exact) mass is 239 g/mol. The summed E-state index contributed by atoms with van der Waals surface area (Å²) in [6, 6.07) is 0.645. The Hall–Kier alpha value is -0.940. The van der Waals surface area contributed by atoms with E-state index in [1.54, 1.807) is 7.11 Å². The van der Waals surface area contributed by atoms with Gasteiger partial charge in [0.1, 0.15) is 6.10 Å². The molecule has 0 amide bonds. The van der Waals surface area contributed by atoms with Crippen LogP contribution in [-0.4, -0.2) is 30.3 Å². The molecule has 0 spiro atoms. The van der Waals surface area contributed by atoms with Crippen molar-refractivity contribution >= 4 is 0 Å². The Labute approximate surface area is 102 Å². The van der Waals surface area contributed by atoms with Gasteiger partial charge in [-0.2, -0.15) is 4.98 Å². The van der Waals surface area contributed by atoms with E-state index in [1.807, 2.05) is 14.0 Å². The molecular formula is C12H21N3O2. The highest BCUT2D eigenvalue weighted by Gasteiger charge is 2.26. The summed E-state index contributed by atoms with van der Waals surface area (Å²) < 4.78 is 10.5. The maximum absolute atomic E-state index is 5.33. The highest BCUT2D eigenvalue weighted by atomic mass is 16.5. The number of hydrogen-bond acceptors (Lipinski definition) is 5. The van der Waals surface area contributed by atoms with Crippen LogP contribution in [0.5, 0.6) is 0 Å². The van der Waals surface area contributed by atoms with E-state index in [2.05, 4.69) is 15.5 Å². The molecule has 0 aliphatic heterocycles. The predicted molar refractivity (Wildman–Crippen MR) is 63.8 cm³/mol. The molecule has 2 rings (SSSR count). The highest BCUT2D eigenvalue weighted by Crippen LogP contribution is 2.32. The average molecular weight is 239 g/mol. The largest absolute Gasteiger partial charge is 0.374 e. The van der Waals surface area contributed by atoms with Crippen LogP contribution in [0.1, 0.15) is 56.3 Å². The zero-order chi connectivity index (χ0) is 12.3. The van der Waals surface area contributed by atoms with Crippen molar-refractivity contribution in [1.82, 2.24) is 15.5 Å². The lowest BCUT2D eigenvalue weighted by atomic mass is 9.86. The van der Waals surface area contributed by atoms with Crippen molar-refractivity contribution in [2.45, 2.75) is 50.7 Å². The van der Waals surface area contributed by atoms with Crippen LogP contribution in [0.4, 0.5) is 0 Å². The first-order valence-electron chi connectivity index (χ1n) is 6.28. The molecule has 1 fully saturated rings. The number of ether oxygens (including phenoxy) is 1. The molecule has 1 aromatic rings. The van der Waals surface area contributed by atoms with Crippen molar-refractivity contribution in [2.24, 2.45) is 0 Å². The summed E-state index contributed by atoms with van der Waals surface area (Å²) in [7, 11) is 3.68. The molecule has 1 unspecified atom stereocenters. The minimum atomic E-state index is -0.0962. The smallest absolute Gasteiger partial charge is 0.229 e. The zero-order valence-electron chi connectivity index (χ0n) is 10.8. The molecule has 1 N–H and O–H groups in total. The molecule has 1 aromatic heterocycles. The Balaban J connectivity index is 1.97. The topological polar surface area (TPSA) is 60.2 Å². The Morgan fingerprint density at radius 3 is 2.65 bits per heavy atom. The van der Waals surface area contributed by atoms with E-state index in [1.165, 1.54) is 12.8 Å². The van der Waals surface area contributed by atoms with Crippen molar-refractivity contribution in [3.63, 3.8) is 0 Å². The average Bonchev–Trinajstić information content (AvgIpc) is 2.87. The van der Waals surface area contributed by atoms with Gasteiger partial charge in [0.15, 0.2) is 5.82 Å².